The normalized spacial score (nSPS) is 41.7. The van der Waals surface area contributed by atoms with Gasteiger partial charge < -0.3 is 14.6 Å². The molecule has 5 nitrogen and oxygen atoms in total. The predicted molar refractivity (Wildman–Crippen MR) is 92.9 cm³/mol. The van der Waals surface area contributed by atoms with Crippen LogP contribution in [0, 0.1) is 18.8 Å². The molecule has 28 heavy (non-hydrogen) atoms. The molecule has 1 aromatic rings. The van der Waals surface area contributed by atoms with Crippen molar-refractivity contribution in [2.24, 2.45) is 11.8 Å². The van der Waals surface area contributed by atoms with Crippen molar-refractivity contribution in [1.82, 2.24) is 0 Å². The summed E-state index contributed by atoms with van der Waals surface area (Å²) in [6, 6.07) is 2.59. The number of anilines is 1. The fourth-order valence-corrected chi connectivity index (χ4v) is 6.25. The zero-order chi connectivity index (χ0) is 20.2. The number of nitrogens with zero attached hydrogens (tertiary/aromatic N) is 1. The lowest BCUT2D eigenvalue weighted by Gasteiger charge is -2.44. The molecule has 2 bridgehead atoms. The Morgan fingerprint density at radius 3 is 2.75 bits per heavy atom. The summed E-state index contributed by atoms with van der Waals surface area (Å²) in [4.78, 5) is 14.7. The first-order valence-corrected chi connectivity index (χ1v) is 9.58. The van der Waals surface area contributed by atoms with Gasteiger partial charge in [-0.1, -0.05) is 11.6 Å². The van der Waals surface area contributed by atoms with Crippen LogP contribution in [0.3, 0.4) is 0 Å². The number of ether oxygens (including phenoxy) is 2. The number of carbonyl (C=O) groups is 1. The fraction of sp³-hybridized carbons (Fsp3) is 0.632. The van der Waals surface area contributed by atoms with Gasteiger partial charge in [-0.2, -0.15) is 13.2 Å². The van der Waals surface area contributed by atoms with Crippen LogP contribution in [0.25, 0.3) is 0 Å². The predicted octanol–water partition coefficient (Wildman–Crippen LogP) is 3.28. The molecule has 9 heteroatoms. The van der Waals surface area contributed by atoms with Gasteiger partial charge in [0.05, 0.1) is 40.7 Å². The Labute approximate surface area is 164 Å². The minimum absolute atomic E-state index is 0.115. The minimum Gasteiger partial charge on any atom is -0.390 e. The molecule has 4 heterocycles. The molecule has 4 fully saturated rings. The number of hydrogen-bond acceptors (Lipinski definition) is 4. The van der Waals surface area contributed by atoms with E-state index in [0.29, 0.717) is 12.8 Å². The highest BCUT2D eigenvalue weighted by Crippen LogP contribution is 2.65. The summed E-state index contributed by atoms with van der Waals surface area (Å²) in [6.07, 6.45) is -5.36. The van der Waals surface area contributed by atoms with E-state index in [1.165, 1.54) is 17.9 Å². The molecule has 5 rings (SSSR count). The second-order valence-corrected chi connectivity index (χ2v) is 8.78. The SMILES string of the molecule is Cc1c(N2C(=O)[C@H]3[C@H]4[C@@H]2OCC[C@@]42O[C@]3(C)C[C@H]2O)ccc(Cl)c1C(F)(F)F. The van der Waals surface area contributed by atoms with E-state index in [1.807, 2.05) is 0 Å². The molecule has 1 N–H and O–H groups in total. The summed E-state index contributed by atoms with van der Waals surface area (Å²) in [7, 11) is 0. The average Bonchev–Trinajstić information content (AvgIpc) is 3.11. The Bertz CT molecular complexity index is 893. The molecule has 4 aliphatic heterocycles. The van der Waals surface area contributed by atoms with Gasteiger partial charge in [-0.05, 0) is 31.5 Å². The Balaban J connectivity index is 1.66. The molecular formula is C19H19ClF3NO4. The highest BCUT2D eigenvalue weighted by molar-refractivity contribution is 6.31. The second-order valence-electron chi connectivity index (χ2n) is 8.38. The number of aliphatic hydroxyl groups excluding tert-OH is 1. The van der Waals surface area contributed by atoms with Crippen molar-refractivity contribution in [2.75, 3.05) is 11.5 Å². The van der Waals surface area contributed by atoms with Gasteiger partial charge in [0, 0.05) is 18.5 Å². The molecule has 1 aromatic carbocycles. The van der Waals surface area contributed by atoms with Crippen LogP contribution in [0.4, 0.5) is 18.9 Å². The van der Waals surface area contributed by atoms with Crippen LogP contribution < -0.4 is 4.90 Å². The molecule has 0 aromatic heterocycles. The number of halogens is 4. The number of aliphatic hydroxyl groups is 1. The van der Waals surface area contributed by atoms with E-state index >= 15 is 0 Å². The highest BCUT2D eigenvalue weighted by Gasteiger charge is 2.78. The zero-order valence-electron chi connectivity index (χ0n) is 15.2. The van der Waals surface area contributed by atoms with Crippen LogP contribution in [0.1, 0.15) is 30.9 Å². The zero-order valence-corrected chi connectivity index (χ0v) is 16.0. The van der Waals surface area contributed by atoms with E-state index in [1.54, 1.807) is 6.92 Å². The number of fused-ring (bicyclic) bond motifs is 2. The van der Waals surface area contributed by atoms with Crippen LogP contribution >= 0.6 is 11.6 Å². The smallest absolute Gasteiger partial charge is 0.390 e. The molecule has 1 spiro atoms. The Kier molecular flexibility index (Phi) is 3.61. The van der Waals surface area contributed by atoms with Crippen LogP contribution in [0.15, 0.2) is 12.1 Å². The Morgan fingerprint density at radius 1 is 1.36 bits per heavy atom. The maximum absolute atomic E-state index is 13.5. The maximum atomic E-state index is 13.5. The van der Waals surface area contributed by atoms with Crippen molar-refractivity contribution in [3.63, 3.8) is 0 Å². The van der Waals surface area contributed by atoms with Crippen molar-refractivity contribution < 1.29 is 32.5 Å². The summed E-state index contributed by atoms with van der Waals surface area (Å²) in [5.74, 6) is -1.32. The van der Waals surface area contributed by atoms with E-state index in [9.17, 15) is 23.1 Å². The van der Waals surface area contributed by atoms with E-state index in [4.69, 9.17) is 21.1 Å². The lowest BCUT2D eigenvalue weighted by molar-refractivity contribution is -0.163. The number of rotatable bonds is 1. The standard InChI is InChI=1S/C19H19ClF3NO4/c1-8-10(4-3-9(20)12(8)19(21,22)23)24-15(26)13-14-16(24)27-6-5-18(14)11(25)7-17(13,2)28-18/h3-4,11,13-14,16,25H,5-7H2,1-2H3/t11-,13-,14+,16+,17-,18+/m1/s1. The monoisotopic (exact) mass is 417 g/mol. The molecule has 0 saturated carbocycles. The summed E-state index contributed by atoms with van der Waals surface area (Å²) in [6.45, 7) is 3.36. The van der Waals surface area contributed by atoms with Crippen molar-refractivity contribution >= 4 is 23.2 Å². The Morgan fingerprint density at radius 2 is 2.07 bits per heavy atom. The third kappa shape index (κ3) is 2.07. The molecule has 0 aliphatic carbocycles. The first-order chi connectivity index (χ1) is 13.0. The molecule has 1 amide bonds. The molecule has 152 valence electrons. The van der Waals surface area contributed by atoms with E-state index < -0.39 is 52.1 Å². The van der Waals surface area contributed by atoms with E-state index in [2.05, 4.69) is 0 Å². The van der Waals surface area contributed by atoms with Crippen molar-refractivity contribution in [2.45, 2.75) is 56.4 Å². The van der Waals surface area contributed by atoms with Gasteiger partial charge in [-0.15, -0.1) is 0 Å². The lowest BCUT2D eigenvalue weighted by atomic mass is 9.65. The molecule has 0 unspecified atom stereocenters. The van der Waals surface area contributed by atoms with E-state index in [0.717, 1.165) is 6.07 Å². The highest BCUT2D eigenvalue weighted by atomic mass is 35.5. The van der Waals surface area contributed by atoms with Crippen molar-refractivity contribution in [3.05, 3.63) is 28.3 Å². The Hall–Kier alpha value is -1.35. The number of hydrogen-bond donors (Lipinski definition) is 1. The van der Waals surface area contributed by atoms with Crippen LogP contribution in [0.5, 0.6) is 0 Å². The van der Waals surface area contributed by atoms with Crippen LogP contribution in [-0.2, 0) is 20.4 Å². The van der Waals surface area contributed by atoms with Crippen LogP contribution in [-0.4, -0.2) is 41.2 Å². The quantitative estimate of drug-likeness (QED) is 0.762. The third-order valence-electron chi connectivity index (χ3n) is 6.94. The van der Waals surface area contributed by atoms with Gasteiger partial charge >= 0.3 is 6.18 Å². The van der Waals surface area contributed by atoms with Gasteiger partial charge in [-0.3, -0.25) is 9.69 Å². The van der Waals surface area contributed by atoms with Gasteiger partial charge in [0.25, 0.3) is 0 Å². The number of amides is 1. The van der Waals surface area contributed by atoms with Gasteiger partial charge in [0.1, 0.15) is 11.8 Å². The summed E-state index contributed by atoms with van der Waals surface area (Å²) in [5, 5.41) is 10.2. The van der Waals surface area contributed by atoms with Crippen molar-refractivity contribution in [1.29, 1.82) is 0 Å². The summed E-state index contributed by atoms with van der Waals surface area (Å²) < 4.78 is 52.7. The van der Waals surface area contributed by atoms with Crippen molar-refractivity contribution in [3.8, 4) is 0 Å². The topological polar surface area (TPSA) is 59.0 Å². The van der Waals surface area contributed by atoms with Gasteiger partial charge in [0.2, 0.25) is 5.91 Å². The maximum Gasteiger partial charge on any atom is 0.418 e. The molecule has 6 atom stereocenters. The minimum atomic E-state index is -4.64. The first-order valence-electron chi connectivity index (χ1n) is 9.20. The largest absolute Gasteiger partial charge is 0.418 e. The van der Waals surface area contributed by atoms with Crippen LogP contribution in [0.2, 0.25) is 5.02 Å². The summed E-state index contributed by atoms with van der Waals surface area (Å²) >= 11 is 5.82. The molecule has 4 aliphatic rings. The number of benzene rings is 1. The van der Waals surface area contributed by atoms with Gasteiger partial charge in [-0.25, -0.2) is 0 Å². The molecular weight excluding hydrogens is 399 g/mol. The molecule has 0 radical (unpaired) electrons. The molecule has 4 saturated heterocycles. The first kappa shape index (κ1) is 18.7. The van der Waals surface area contributed by atoms with E-state index in [-0.39, 0.29) is 23.8 Å². The second kappa shape index (κ2) is 5.41. The number of carbonyl (C=O) groups excluding carboxylic acids is 1. The number of alkyl halides is 3. The fourth-order valence-electron chi connectivity index (χ4n) is 5.93. The lowest BCUT2D eigenvalue weighted by Crippen LogP contribution is -2.57. The van der Waals surface area contributed by atoms with Gasteiger partial charge in [0.15, 0.2) is 0 Å². The third-order valence-corrected chi connectivity index (χ3v) is 7.26. The summed E-state index contributed by atoms with van der Waals surface area (Å²) in [5.41, 5.74) is -2.67. The average molecular weight is 418 g/mol.